The Hall–Kier alpha value is -1.60. The number of nitrogens with zero attached hydrogens (tertiary/aromatic N) is 2. The Kier molecular flexibility index (Phi) is 5.64. The number of rotatable bonds is 3. The quantitative estimate of drug-likeness (QED) is 0.701. The van der Waals surface area contributed by atoms with Gasteiger partial charge in [-0.25, -0.2) is 0 Å². The predicted molar refractivity (Wildman–Crippen MR) is 72.2 cm³/mol. The van der Waals surface area contributed by atoms with E-state index in [4.69, 9.17) is 0 Å². The first kappa shape index (κ1) is 22.4. The van der Waals surface area contributed by atoms with Gasteiger partial charge in [0.05, 0.1) is 0 Å². The van der Waals surface area contributed by atoms with Gasteiger partial charge >= 0.3 is 18.5 Å². The zero-order valence-electron chi connectivity index (χ0n) is 13.3. The van der Waals surface area contributed by atoms with E-state index in [1.807, 2.05) is 0 Å². The fourth-order valence-corrected chi connectivity index (χ4v) is 2.69. The standard InChI is InChI=1S/C12H12F9N3OS/c1-8(2,3)4-9(11(16,17)18,12(19,20)21)5(25)22-7-24-23-6(26-7)10(13,14)15/h4H2,1-3H3,(H,22,24,25). The molecule has 0 aliphatic heterocycles. The molecule has 14 heteroatoms. The Balaban J connectivity index is 3.38. The van der Waals surface area contributed by atoms with Crippen LogP contribution < -0.4 is 5.32 Å². The van der Waals surface area contributed by atoms with E-state index in [1.165, 1.54) is 5.32 Å². The number of nitrogens with one attached hydrogen (secondary N) is 1. The number of halogens is 9. The van der Waals surface area contributed by atoms with E-state index < -0.39 is 63.2 Å². The van der Waals surface area contributed by atoms with Gasteiger partial charge in [0.2, 0.25) is 15.6 Å². The molecule has 1 aromatic heterocycles. The summed E-state index contributed by atoms with van der Waals surface area (Å²) >= 11 is -0.390. The van der Waals surface area contributed by atoms with E-state index in [9.17, 15) is 44.3 Å². The molecule has 0 aliphatic rings. The molecule has 0 fully saturated rings. The number of carbonyl (C=O) groups excluding carboxylic acids is 1. The highest BCUT2D eigenvalue weighted by Crippen LogP contribution is 2.56. The summed E-state index contributed by atoms with van der Waals surface area (Å²) in [5.74, 6) is -2.57. The molecule has 1 heterocycles. The molecule has 0 radical (unpaired) electrons. The van der Waals surface area contributed by atoms with E-state index in [1.54, 1.807) is 0 Å². The number of anilines is 1. The largest absolute Gasteiger partial charge is 0.445 e. The maximum atomic E-state index is 13.4. The van der Waals surface area contributed by atoms with Crippen LogP contribution in [0.4, 0.5) is 44.6 Å². The predicted octanol–water partition coefficient (Wildman–Crippen LogP) is 5.04. The summed E-state index contributed by atoms with van der Waals surface area (Å²) in [5, 5.41) is 3.78. The van der Waals surface area contributed by atoms with Crippen LogP contribution in [0.1, 0.15) is 32.2 Å². The van der Waals surface area contributed by atoms with E-state index in [0.717, 1.165) is 20.8 Å². The average molecular weight is 417 g/mol. The van der Waals surface area contributed by atoms with Crippen molar-refractivity contribution in [3.8, 4) is 0 Å². The number of carbonyl (C=O) groups is 1. The highest BCUT2D eigenvalue weighted by Gasteiger charge is 2.75. The Morgan fingerprint density at radius 2 is 1.38 bits per heavy atom. The number of alkyl halides is 9. The van der Waals surface area contributed by atoms with E-state index in [2.05, 4.69) is 10.2 Å². The lowest BCUT2D eigenvalue weighted by Gasteiger charge is -2.39. The van der Waals surface area contributed by atoms with Crippen LogP contribution in [0.5, 0.6) is 0 Å². The molecule has 1 N–H and O–H groups in total. The van der Waals surface area contributed by atoms with Crippen LogP contribution in [0.15, 0.2) is 0 Å². The van der Waals surface area contributed by atoms with Crippen molar-refractivity contribution in [1.29, 1.82) is 0 Å². The van der Waals surface area contributed by atoms with Crippen molar-refractivity contribution in [3.63, 3.8) is 0 Å². The highest BCUT2D eigenvalue weighted by molar-refractivity contribution is 7.15. The van der Waals surface area contributed by atoms with Gasteiger partial charge < -0.3 is 0 Å². The van der Waals surface area contributed by atoms with Crippen LogP contribution >= 0.6 is 11.3 Å². The SMILES string of the molecule is CC(C)(C)CC(C(=O)Nc1nnc(C(F)(F)F)s1)(C(F)(F)F)C(F)(F)F. The molecule has 26 heavy (non-hydrogen) atoms. The lowest BCUT2D eigenvalue weighted by molar-refractivity contribution is -0.330. The summed E-state index contributed by atoms with van der Waals surface area (Å²) in [6.45, 7) is 3.16. The zero-order chi connectivity index (χ0) is 20.8. The lowest BCUT2D eigenvalue weighted by Crippen LogP contribution is -2.59. The zero-order valence-corrected chi connectivity index (χ0v) is 14.1. The molecule has 1 rings (SSSR count). The lowest BCUT2D eigenvalue weighted by atomic mass is 9.71. The summed E-state index contributed by atoms with van der Waals surface area (Å²) in [7, 11) is 0. The molecule has 1 aromatic rings. The van der Waals surface area contributed by atoms with E-state index >= 15 is 0 Å². The van der Waals surface area contributed by atoms with Crippen molar-refractivity contribution in [1.82, 2.24) is 10.2 Å². The van der Waals surface area contributed by atoms with Gasteiger partial charge in [0.25, 0.3) is 5.91 Å². The Morgan fingerprint density at radius 1 is 0.923 bits per heavy atom. The average Bonchev–Trinajstić information content (AvgIpc) is 2.79. The highest BCUT2D eigenvalue weighted by atomic mass is 32.1. The molecule has 150 valence electrons. The molecule has 0 spiro atoms. The van der Waals surface area contributed by atoms with Crippen LogP contribution in [0.25, 0.3) is 0 Å². The first-order valence-electron chi connectivity index (χ1n) is 6.67. The first-order valence-corrected chi connectivity index (χ1v) is 7.48. The van der Waals surface area contributed by atoms with Gasteiger partial charge in [-0.3, -0.25) is 10.1 Å². The minimum atomic E-state index is -6.06. The second kappa shape index (κ2) is 6.53. The second-order valence-electron chi connectivity index (χ2n) is 6.50. The number of hydrogen-bond acceptors (Lipinski definition) is 4. The number of hydrogen-bond donors (Lipinski definition) is 1. The van der Waals surface area contributed by atoms with Crippen molar-refractivity contribution in [2.75, 3.05) is 5.32 Å². The fourth-order valence-electron chi connectivity index (χ4n) is 2.09. The van der Waals surface area contributed by atoms with Crippen molar-refractivity contribution >= 4 is 22.4 Å². The summed E-state index contributed by atoms with van der Waals surface area (Å²) in [5.41, 5.74) is -6.43. The second-order valence-corrected chi connectivity index (χ2v) is 7.48. The first-order chi connectivity index (χ1) is 11.3. The topological polar surface area (TPSA) is 54.9 Å². The minimum Gasteiger partial charge on any atom is -0.299 e. The molecular formula is C12H12F9N3OS. The summed E-state index contributed by atoms with van der Waals surface area (Å²) in [4.78, 5) is 12.0. The molecule has 0 atom stereocenters. The molecular weight excluding hydrogens is 405 g/mol. The number of aromatic nitrogens is 2. The van der Waals surface area contributed by atoms with Gasteiger partial charge in [0.1, 0.15) is 0 Å². The van der Waals surface area contributed by atoms with Gasteiger partial charge in [-0.15, -0.1) is 10.2 Å². The molecule has 0 saturated heterocycles. The van der Waals surface area contributed by atoms with Crippen molar-refractivity contribution in [3.05, 3.63) is 5.01 Å². The van der Waals surface area contributed by atoms with Gasteiger partial charge in [-0.05, 0) is 11.8 Å². The van der Waals surface area contributed by atoms with Gasteiger partial charge in [0, 0.05) is 0 Å². The fraction of sp³-hybridized carbons (Fsp3) is 0.750. The Bertz CT molecular complexity index is 641. The summed E-state index contributed by atoms with van der Waals surface area (Å²) in [6.07, 6.45) is -18.8. The van der Waals surface area contributed by atoms with Gasteiger partial charge in [-0.1, -0.05) is 32.1 Å². The molecule has 0 unspecified atom stereocenters. The summed E-state index contributed by atoms with van der Waals surface area (Å²) in [6, 6.07) is 0. The van der Waals surface area contributed by atoms with Gasteiger partial charge in [0.15, 0.2) is 0 Å². The van der Waals surface area contributed by atoms with Gasteiger partial charge in [-0.2, -0.15) is 39.5 Å². The summed E-state index contributed by atoms with van der Waals surface area (Å²) < 4.78 is 117. The Labute approximate surface area is 144 Å². The van der Waals surface area contributed by atoms with Crippen LogP contribution in [0, 0.1) is 10.8 Å². The van der Waals surface area contributed by atoms with Crippen LogP contribution in [0.2, 0.25) is 0 Å². The number of amides is 1. The normalized spacial score (nSPS) is 14.5. The van der Waals surface area contributed by atoms with E-state index in [0.29, 0.717) is 0 Å². The molecule has 0 aliphatic carbocycles. The molecule has 0 saturated carbocycles. The monoisotopic (exact) mass is 417 g/mol. The molecule has 0 bridgehead atoms. The van der Waals surface area contributed by atoms with Crippen LogP contribution in [-0.4, -0.2) is 28.5 Å². The molecule has 4 nitrogen and oxygen atoms in total. The van der Waals surface area contributed by atoms with Crippen molar-refractivity contribution < 1.29 is 44.3 Å². The third-order valence-electron chi connectivity index (χ3n) is 3.04. The molecule has 1 amide bonds. The van der Waals surface area contributed by atoms with Crippen molar-refractivity contribution in [2.45, 2.75) is 45.7 Å². The maximum Gasteiger partial charge on any atom is 0.445 e. The Morgan fingerprint density at radius 3 is 1.69 bits per heavy atom. The van der Waals surface area contributed by atoms with Crippen molar-refractivity contribution in [2.24, 2.45) is 10.8 Å². The minimum absolute atomic E-state index is 0.390. The smallest absolute Gasteiger partial charge is 0.299 e. The van der Waals surface area contributed by atoms with Crippen LogP contribution in [-0.2, 0) is 11.0 Å². The van der Waals surface area contributed by atoms with E-state index in [-0.39, 0.29) is 0 Å². The molecule has 0 aromatic carbocycles. The van der Waals surface area contributed by atoms with Crippen LogP contribution in [0.3, 0.4) is 0 Å². The third-order valence-corrected chi connectivity index (χ3v) is 3.92. The third kappa shape index (κ3) is 4.57. The maximum absolute atomic E-state index is 13.4.